The van der Waals surface area contributed by atoms with Gasteiger partial charge in [-0.3, -0.25) is 4.90 Å². The van der Waals surface area contributed by atoms with E-state index in [0.29, 0.717) is 29.6 Å². The average Bonchev–Trinajstić information content (AvgIpc) is 3.10. The van der Waals surface area contributed by atoms with E-state index in [1.807, 2.05) is 25.1 Å². The predicted octanol–water partition coefficient (Wildman–Crippen LogP) is 4.19. The van der Waals surface area contributed by atoms with Crippen LogP contribution in [0.5, 0.6) is 5.75 Å². The number of anilines is 1. The molecule has 1 aliphatic rings. The summed E-state index contributed by atoms with van der Waals surface area (Å²) >= 11 is 5.32. The first kappa shape index (κ1) is 19.6. The van der Waals surface area contributed by atoms with Gasteiger partial charge in [-0.2, -0.15) is 0 Å². The molecule has 1 saturated heterocycles. The Bertz CT molecular complexity index is 1010. The van der Waals surface area contributed by atoms with Crippen LogP contribution in [0.15, 0.2) is 52.9 Å². The van der Waals surface area contributed by atoms with Crippen LogP contribution in [0, 0.1) is 10.7 Å². The van der Waals surface area contributed by atoms with Crippen LogP contribution in [-0.2, 0) is 6.67 Å². The molecule has 6 nitrogen and oxygen atoms in total. The molecule has 0 N–H and O–H groups in total. The zero-order valence-corrected chi connectivity index (χ0v) is 17.1. The Labute approximate surface area is 174 Å². The van der Waals surface area contributed by atoms with Crippen LogP contribution in [0.1, 0.15) is 6.92 Å². The van der Waals surface area contributed by atoms with Gasteiger partial charge < -0.3 is 14.1 Å². The maximum absolute atomic E-state index is 13.1. The van der Waals surface area contributed by atoms with Crippen molar-refractivity contribution in [2.75, 3.05) is 37.7 Å². The summed E-state index contributed by atoms with van der Waals surface area (Å²) in [5.74, 6) is 1.03. The smallest absolute Gasteiger partial charge is 0.288 e. The van der Waals surface area contributed by atoms with Crippen molar-refractivity contribution in [1.82, 2.24) is 14.7 Å². The summed E-state index contributed by atoms with van der Waals surface area (Å²) in [4.78, 5) is 4.94. The molecule has 4 rings (SSSR count). The highest BCUT2D eigenvalue weighted by Gasteiger charge is 2.21. The van der Waals surface area contributed by atoms with Crippen LogP contribution in [0.3, 0.4) is 0 Å². The van der Waals surface area contributed by atoms with Crippen LogP contribution in [-0.4, -0.2) is 47.5 Å². The standard InChI is InChI=1S/C21H23FN4O2S/c1-2-27-19-6-4-3-5-18(19)25-13-11-24(12-14-25)15-26-21(29)28-20(23-26)16-7-9-17(22)10-8-16/h3-10H,2,11-15H2,1H3. The second-order valence-electron chi connectivity index (χ2n) is 6.83. The minimum Gasteiger partial charge on any atom is -0.492 e. The number of ether oxygens (including phenoxy) is 1. The van der Waals surface area contributed by atoms with Crippen LogP contribution in [0.25, 0.3) is 11.5 Å². The van der Waals surface area contributed by atoms with Crippen LogP contribution in [0.2, 0.25) is 0 Å². The summed E-state index contributed by atoms with van der Waals surface area (Å²) in [5.41, 5.74) is 1.83. The molecule has 0 saturated carbocycles. The number of rotatable bonds is 6. The van der Waals surface area contributed by atoms with Gasteiger partial charge in [-0.05, 0) is 55.5 Å². The number of nitrogens with zero attached hydrogens (tertiary/aromatic N) is 4. The number of hydrogen-bond donors (Lipinski definition) is 0. The van der Waals surface area contributed by atoms with E-state index in [-0.39, 0.29) is 5.82 Å². The normalized spacial score (nSPS) is 14.9. The number of benzene rings is 2. The summed E-state index contributed by atoms with van der Waals surface area (Å²) in [5, 5.41) is 4.47. The zero-order valence-electron chi connectivity index (χ0n) is 16.3. The fourth-order valence-corrected chi connectivity index (χ4v) is 3.60. The van der Waals surface area contributed by atoms with Gasteiger partial charge in [0.1, 0.15) is 11.6 Å². The third kappa shape index (κ3) is 4.49. The van der Waals surface area contributed by atoms with Gasteiger partial charge in [0.05, 0.1) is 19.0 Å². The second kappa shape index (κ2) is 8.75. The quantitative estimate of drug-likeness (QED) is 0.564. The van der Waals surface area contributed by atoms with Gasteiger partial charge in [-0.15, -0.1) is 5.10 Å². The maximum Gasteiger partial charge on any atom is 0.288 e. The molecule has 0 amide bonds. The van der Waals surface area contributed by atoms with Crippen molar-refractivity contribution in [1.29, 1.82) is 0 Å². The van der Waals surface area contributed by atoms with Gasteiger partial charge in [0.25, 0.3) is 4.84 Å². The highest BCUT2D eigenvalue weighted by Crippen LogP contribution is 2.29. The fraction of sp³-hybridized carbons (Fsp3) is 0.333. The molecule has 29 heavy (non-hydrogen) atoms. The summed E-state index contributed by atoms with van der Waals surface area (Å²) in [6.45, 7) is 6.74. The number of hydrogen-bond acceptors (Lipinski definition) is 6. The molecule has 2 aromatic carbocycles. The number of para-hydroxylation sites is 2. The summed E-state index contributed by atoms with van der Waals surface area (Å²) < 4.78 is 26.2. The fourth-order valence-electron chi connectivity index (χ4n) is 3.42. The Morgan fingerprint density at radius 2 is 1.79 bits per heavy atom. The van der Waals surface area contributed by atoms with Crippen molar-refractivity contribution in [2.45, 2.75) is 13.6 Å². The van der Waals surface area contributed by atoms with Gasteiger partial charge in [0.15, 0.2) is 0 Å². The molecule has 0 aliphatic carbocycles. The summed E-state index contributed by atoms with van der Waals surface area (Å²) in [6.07, 6.45) is 0. The molecule has 1 fully saturated rings. The molecular formula is C21H23FN4O2S. The van der Waals surface area contributed by atoms with Crippen molar-refractivity contribution in [3.05, 3.63) is 59.2 Å². The minimum atomic E-state index is -0.296. The highest BCUT2D eigenvalue weighted by atomic mass is 32.1. The Hall–Kier alpha value is -2.71. The van der Waals surface area contributed by atoms with Crippen molar-refractivity contribution in [3.63, 3.8) is 0 Å². The van der Waals surface area contributed by atoms with Crippen molar-refractivity contribution < 1.29 is 13.5 Å². The van der Waals surface area contributed by atoms with Crippen LogP contribution in [0.4, 0.5) is 10.1 Å². The molecule has 152 valence electrons. The van der Waals surface area contributed by atoms with Crippen LogP contribution >= 0.6 is 12.2 Å². The van der Waals surface area contributed by atoms with E-state index in [0.717, 1.165) is 37.6 Å². The first-order chi connectivity index (χ1) is 14.1. The average molecular weight is 415 g/mol. The molecule has 0 atom stereocenters. The van der Waals surface area contributed by atoms with Crippen molar-refractivity contribution in [3.8, 4) is 17.2 Å². The number of halogens is 1. The Kier molecular flexibility index (Phi) is 5.92. The Morgan fingerprint density at radius 1 is 1.07 bits per heavy atom. The molecule has 2 heterocycles. The van der Waals surface area contributed by atoms with Crippen LogP contribution < -0.4 is 9.64 Å². The summed E-state index contributed by atoms with van der Waals surface area (Å²) in [6, 6.07) is 14.2. The lowest BCUT2D eigenvalue weighted by molar-refractivity contribution is 0.191. The van der Waals surface area contributed by atoms with E-state index in [2.05, 4.69) is 21.0 Å². The van der Waals surface area contributed by atoms with Gasteiger partial charge in [0.2, 0.25) is 5.89 Å². The maximum atomic E-state index is 13.1. The Balaban J connectivity index is 1.40. The lowest BCUT2D eigenvalue weighted by Crippen LogP contribution is -2.47. The van der Waals surface area contributed by atoms with E-state index < -0.39 is 0 Å². The van der Waals surface area contributed by atoms with Gasteiger partial charge in [0, 0.05) is 31.7 Å². The molecule has 1 aromatic heterocycles. The van der Waals surface area contributed by atoms with Gasteiger partial charge in [-0.1, -0.05) is 12.1 Å². The van der Waals surface area contributed by atoms with E-state index in [4.69, 9.17) is 21.4 Å². The minimum absolute atomic E-state index is 0.296. The second-order valence-corrected chi connectivity index (χ2v) is 7.18. The molecule has 0 spiro atoms. The first-order valence-corrected chi connectivity index (χ1v) is 10.1. The van der Waals surface area contributed by atoms with E-state index in [1.165, 1.54) is 12.1 Å². The third-order valence-electron chi connectivity index (χ3n) is 4.91. The SMILES string of the molecule is CCOc1ccccc1N1CCN(Cn2nc(-c3ccc(F)cc3)oc2=S)CC1. The molecule has 8 heteroatoms. The predicted molar refractivity (Wildman–Crippen MR) is 112 cm³/mol. The topological polar surface area (TPSA) is 46.7 Å². The highest BCUT2D eigenvalue weighted by molar-refractivity contribution is 7.71. The van der Waals surface area contributed by atoms with Gasteiger partial charge >= 0.3 is 0 Å². The van der Waals surface area contributed by atoms with E-state index in [1.54, 1.807) is 16.8 Å². The Morgan fingerprint density at radius 3 is 2.52 bits per heavy atom. The zero-order chi connectivity index (χ0) is 20.2. The third-order valence-corrected chi connectivity index (χ3v) is 5.20. The monoisotopic (exact) mass is 414 g/mol. The van der Waals surface area contributed by atoms with Crippen molar-refractivity contribution >= 4 is 17.9 Å². The first-order valence-electron chi connectivity index (χ1n) is 9.67. The largest absolute Gasteiger partial charge is 0.492 e. The molecule has 1 aliphatic heterocycles. The molecule has 3 aromatic rings. The molecule has 0 unspecified atom stereocenters. The van der Waals surface area contributed by atoms with E-state index >= 15 is 0 Å². The lowest BCUT2D eigenvalue weighted by atomic mass is 10.2. The molecule has 0 radical (unpaired) electrons. The summed E-state index contributed by atoms with van der Waals surface area (Å²) in [7, 11) is 0. The number of piperazine rings is 1. The van der Waals surface area contributed by atoms with E-state index in [9.17, 15) is 4.39 Å². The molecular weight excluding hydrogens is 391 g/mol. The molecule has 0 bridgehead atoms. The van der Waals surface area contributed by atoms with Crippen molar-refractivity contribution in [2.24, 2.45) is 0 Å². The number of aromatic nitrogens is 2. The lowest BCUT2D eigenvalue weighted by Gasteiger charge is -2.36. The van der Waals surface area contributed by atoms with Gasteiger partial charge in [-0.25, -0.2) is 9.07 Å².